The molecule has 1 aromatic rings. The van der Waals surface area contributed by atoms with Gasteiger partial charge in [-0.15, -0.1) is 0 Å². The first kappa shape index (κ1) is 18.3. The molecule has 0 aromatic heterocycles. The van der Waals surface area contributed by atoms with Crippen LogP contribution in [0.5, 0.6) is 0 Å². The summed E-state index contributed by atoms with van der Waals surface area (Å²) in [7, 11) is 0. The second kappa shape index (κ2) is 8.18. The van der Waals surface area contributed by atoms with Crippen molar-refractivity contribution in [3.8, 4) is 0 Å². The fourth-order valence-corrected chi connectivity index (χ4v) is 2.95. The molecule has 2 atom stereocenters. The van der Waals surface area contributed by atoms with E-state index in [9.17, 15) is 9.59 Å². The summed E-state index contributed by atoms with van der Waals surface area (Å²) in [5, 5.41) is 5.84. The van der Waals surface area contributed by atoms with E-state index in [0.717, 1.165) is 30.8 Å². The molecule has 1 aromatic carbocycles. The van der Waals surface area contributed by atoms with E-state index >= 15 is 0 Å². The van der Waals surface area contributed by atoms with Gasteiger partial charge in [0, 0.05) is 31.0 Å². The molecule has 1 fully saturated rings. The molecule has 2 amide bonds. The van der Waals surface area contributed by atoms with Crippen LogP contribution in [-0.4, -0.2) is 31.4 Å². The number of anilines is 2. The molecule has 132 valence electrons. The van der Waals surface area contributed by atoms with E-state index < -0.39 is 0 Å². The average Bonchev–Trinajstić information content (AvgIpc) is 3.37. The van der Waals surface area contributed by atoms with Crippen molar-refractivity contribution in [3.05, 3.63) is 23.8 Å². The summed E-state index contributed by atoms with van der Waals surface area (Å²) >= 11 is 0. The third kappa shape index (κ3) is 4.28. The Balaban J connectivity index is 1.94. The van der Waals surface area contributed by atoms with Crippen molar-refractivity contribution in [2.75, 3.05) is 29.9 Å². The molecule has 5 nitrogen and oxygen atoms in total. The summed E-state index contributed by atoms with van der Waals surface area (Å²) in [6, 6.07) is 6.09. The molecule has 2 N–H and O–H groups in total. The molecule has 1 aliphatic rings. The van der Waals surface area contributed by atoms with E-state index in [1.165, 1.54) is 5.69 Å². The summed E-state index contributed by atoms with van der Waals surface area (Å²) in [4.78, 5) is 26.5. The molecule has 1 aliphatic carbocycles. The lowest BCUT2D eigenvalue weighted by atomic mass is 10.1. The Hall–Kier alpha value is -2.04. The Bertz CT molecular complexity index is 596. The average molecular weight is 331 g/mol. The minimum Gasteiger partial charge on any atom is -0.372 e. The predicted octanol–water partition coefficient (Wildman–Crippen LogP) is 2.94. The van der Waals surface area contributed by atoms with Gasteiger partial charge in [-0.2, -0.15) is 0 Å². The zero-order chi connectivity index (χ0) is 17.7. The maximum Gasteiger partial charge on any atom is 0.228 e. The molecule has 24 heavy (non-hydrogen) atoms. The second-order valence-electron chi connectivity index (χ2n) is 6.40. The Morgan fingerprint density at radius 2 is 1.79 bits per heavy atom. The van der Waals surface area contributed by atoms with Gasteiger partial charge in [-0.25, -0.2) is 0 Å². The molecule has 0 heterocycles. The number of nitrogens with one attached hydrogen (secondary N) is 2. The monoisotopic (exact) mass is 331 g/mol. The van der Waals surface area contributed by atoms with Crippen molar-refractivity contribution in [3.63, 3.8) is 0 Å². The first-order chi connectivity index (χ1) is 11.5. The largest absolute Gasteiger partial charge is 0.372 e. The molecule has 1 saturated carbocycles. The highest BCUT2D eigenvalue weighted by Gasteiger charge is 2.47. The van der Waals surface area contributed by atoms with E-state index in [0.29, 0.717) is 13.0 Å². The van der Waals surface area contributed by atoms with Gasteiger partial charge in [0.1, 0.15) is 0 Å². The van der Waals surface area contributed by atoms with Gasteiger partial charge < -0.3 is 15.5 Å². The summed E-state index contributed by atoms with van der Waals surface area (Å²) in [6.45, 7) is 10.9. The van der Waals surface area contributed by atoms with Crippen LogP contribution in [0.4, 0.5) is 11.4 Å². The molecule has 0 saturated heterocycles. The van der Waals surface area contributed by atoms with Gasteiger partial charge in [0.15, 0.2) is 0 Å². The van der Waals surface area contributed by atoms with Crippen molar-refractivity contribution >= 4 is 23.2 Å². The van der Waals surface area contributed by atoms with Gasteiger partial charge in [-0.05, 0) is 57.4 Å². The van der Waals surface area contributed by atoms with E-state index in [1.807, 2.05) is 26.0 Å². The van der Waals surface area contributed by atoms with Crippen LogP contribution in [0.1, 0.15) is 39.2 Å². The van der Waals surface area contributed by atoms with Gasteiger partial charge in [-0.1, -0.05) is 6.92 Å². The number of benzene rings is 1. The number of amides is 2. The number of carbonyl (C=O) groups excluding carboxylic acids is 2. The van der Waals surface area contributed by atoms with E-state index in [-0.39, 0.29) is 23.7 Å². The van der Waals surface area contributed by atoms with Crippen LogP contribution in [0.15, 0.2) is 18.2 Å². The van der Waals surface area contributed by atoms with Crippen molar-refractivity contribution in [1.82, 2.24) is 5.32 Å². The third-order valence-electron chi connectivity index (χ3n) is 4.61. The minimum atomic E-state index is -0.191. The highest BCUT2D eigenvalue weighted by atomic mass is 16.2. The molecule has 0 bridgehead atoms. The Morgan fingerprint density at radius 1 is 1.12 bits per heavy atom. The lowest BCUT2D eigenvalue weighted by molar-refractivity contribution is -0.125. The maximum absolute atomic E-state index is 12.3. The first-order valence-electron chi connectivity index (χ1n) is 8.95. The SMILES string of the molecule is CCCNC(=O)C1CC1C(=O)Nc1ccc(N(CC)CC)cc1C. The molecular weight excluding hydrogens is 302 g/mol. The molecule has 5 heteroatoms. The molecule has 2 rings (SSSR count). The quantitative estimate of drug-likeness (QED) is 0.770. The van der Waals surface area contributed by atoms with Crippen LogP contribution in [0.2, 0.25) is 0 Å². The molecule has 0 spiro atoms. The van der Waals surface area contributed by atoms with E-state index in [4.69, 9.17) is 0 Å². The Kier molecular flexibility index (Phi) is 6.23. The molecular formula is C19H29N3O2. The fraction of sp³-hybridized carbons (Fsp3) is 0.579. The van der Waals surface area contributed by atoms with Crippen molar-refractivity contribution in [2.24, 2.45) is 11.8 Å². The van der Waals surface area contributed by atoms with Gasteiger partial charge in [0.05, 0.1) is 11.8 Å². The lowest BCUT2D eigenvalue weighted by Gasteiger charge is -2.22. The highest BCUT2D eigenvalue weighted by Crippen LogP contribution is 2.39. The smallest absolute Gasteiger partial charge is 0.228 e. The standard InChI is InChI=1S/C19H29N3O2/c1-5-10-20-18(23)15-12-16(15)19(24)21-17-9-8-14(11-13(17)4)22(6-2)7-3/h8-9,11,15-16H,5-7,10,12H2,1-4H3,(H,20,23)(H,21,24). The normalized spacial score (nSPS) is 18.8. The van der Waals surface area contributed by atoms with Crippen molar-refractivity contribution < 1.29 is 9.59 Å². The van der Waals surface area contributed by atoms with Crippen LogP contribution in [0.3, 0.4) is 0 Å². The molecule has 0 radical (unpaired) electrons. The number of hydrogen-bond acceptors (Lipinski definition) is 3. The lowest BCUT2D eigenvalue weighted by Crippen LogP contribution is -2.28. The zero-order valence-electron chi connectivity index (χ0n) is 15.2. The van der Waals surface area contributed by atoms with Gasteiger partial charge in [0.2, 0.25) is 11.8 Å². The van der Waals surface area contributed by atoms with Crippen LogP contribution in [0, 0.1) is 18.8 Å². The number of carbonyl (C=O) groups is 2. The van der Waals surface area contributed by atoms with E-state index in [1.54, 1.807) is 0 Å². The topological polar surface area (TPSA) is 61.4 Å². The van der Waals surface area contributed by atoms with Gasteiger partial charge in [0.25, 0.3) is 0 Å². The first-order valence-corrected chi connectivity index (χ1v) is 8.95. The van der Waals surface area contributed by atoms with Crippen molar-refractivity contribution in [1.29, 1.82) is 0 Å². The second-order valence-corrected chi connectivity index (χ2v) is 6.40. The molecule has 0 aliphatic heterocycles. The fourth-order valence-electron chi connectivity index (χ4n) is 2.95. The number of nitrogens with zero attached hydrogens (tertiary/aromatic N) is 1. The highest BCUT2D eigenvalue weighted by molar-refractivity contribution is 6.00. The molecule has 2 unspecified atom stereocenters. The summed E-state index contributed by atoms with van der Waals surface area (Å²) in [6.07, 6.45) is 1.56. The minimum absolute atomic E-state index is 0.00519. The third-order valence-corrected chi connectivity index (χ3v) is 4.61. The Morgan fingerprint density at radius 3 is 2.38 bits per heavy atom. The number of aryl methyl sites for hydroxylation is 1. The maximum atomic E-state index is 12.3. The number of hydrogen-bond donors (Lipinski definition) is 2. The summed E-state index contributed by atoms with van der Waals surface area (Å²) < 4.78 is 0. The summed E-state index contributed by atoms with van der Waals surface area (Å²) in [5.74, 6) is -0.397. The predicted molar refractivity (Wildman–Crippen MR) is 98.3 cm³/mol. The van der Waals surface area contributed by atoms with Gasteiger partial charge in [-0.3, -0.25) is 9.59 Å². The van der Waals surface area contributed by atoms with Crippen LogP contribution in [-0.2, 0) is 9.59 Å². The summed E-state index contributed by atoms with van der Waals surface area (Å²) in [5.41, 5.74) is 3.04. The van der Waals surface area contributed by atoms with Crippen LogP contribution < -0.4 is 15.5 Å². The van der Waals surface area contributed by atoms with Crippen LogP contribution >= 0.6 is 0 Å². The Labute approximate surface area is 144 Å². The van der Waals surface area contributed by atoms with E-state index in [2.05, 4.69) is 35.4 Å². The van der Waals surface area contributed by atoms with Crippen LogP contribution in [0.25, 0.3) is 0 Å². The number of rotatable bonds is 8. The van der Waals surface area contributed by atoms with Gasteiger partial charge >= 0.3 is 0 Å². The zero-order valence-corrected chi connectivity index (χ0v) is 15.2. The van der Waals surface area contributed by atoms with Crippen molar-refractivity contribution in [2.45, 2.75) is 40.5 Å².